The number of non-ortho nitro benzene ring substituents is 1. The second-order valence-electron chi connectivity index (χ2n) is 7.74. The van der Waals surface area contributed by atoms with Crippen LogP contribution in [0.25, 0.3) is 22.7 Å². The van der Waals surface area contributed by atoms with Gasteiger partial charge in [-0.25, -0.2) is 4.98 Å². The number of nitrogens with one attached hydrogen (secondary N) is 1. The topological polar surface area (TPSA) is 114 Å². The van der Waals surface area contributed by atoms with E-state index in [-0.39, 0.29) is 12.3 Å². The first-order chi connectivity index (χ1) is 16.9. The lowest BCUT2D eigenvalue weighted by molar-refractivity contribution is -0.384. The van der Waals surface area contributed by atoms with Crippen LogP contribution in [0.3, 0.4) is 0 Å². The number of nitriles is 1. The Hall–Kier alpha value is -4.16. The van der Waals surface area contributed by atoms with E-state index in [0.717, 1.165) is 16.6 Å². The van der Waals surface area contributed by atoms with Crippen LogP contribution >= 0.6 is 15.9 Å². The number of hydrogen-bond donors (Lipinski definition) is 1. The second kappa shape index (κ2) is 10.4. The number of H-pyrrole nitrogens is 1. The third-order valence-electron chi connectivity index (χ3n) is 5.19. The summed E-state index contributed by atoms with van der Waals surface area (Å²) in [7, 11) is 0. The van der Waals surface area contributed by atoms with Crippen LogP contribution in [-0.4, -0.2) is 21.5 Å². The van der Waals surface area contributed by atoms with Gasteiger partial charge in [-0.05, 0) is 60.9 Å². The van der Waals surface area contributed by atoms with Gasteiger partial charge in [-0.3, -0.25) is 10.1 Å². The number of aromatic nitrogens is 2. The first kappa shape index (κ1) is 24.0. The number of benzene rings is 3. The largest absolute Gasteiger partial charge is 0.490 e. The molecule has 0 spiro atoms. The molecule has 35 heavy (non-hydrogen) atoms. The second-order valence-corrected chi connectivity index (χ2v) is 8.60. The van der Waals surface area contributed by atoms with Crippen LogP contribution in [0.4, 0.5) is 5.69 Å². The van der Waals surface area contributed by atoms with Crippen LogP contribution in [0.15, 0.2) is 59.1 Å². The van der Waals surface area contributed by atoms with Crippen LogP contribution < -0.4 is 9.47 Å². The summed E-state index contributed by atoms with van der Waals surface area (Å²) in [5, 5.41) is 20.8. The summed E-state index contributed by atoms with van der Waals surface area (Å²) in [4.78, 5) is 18.3. The molecule has 0 aliphatic carbocycles. The number of nitrogens with zero attached hydrogens (tertiary/aromatic N) is 3. The van der Waals surface area contributed by atoms with Crippen LogP contribution in [0.5, 0.6) is 11.5 Å². The molecule has 8 nitrogen and oxygen atoms in total. The van der Waals surface area contributed by atoms with Crippen molar-refractivity contribution in [3.63, 3.8) is 0 Å². The summed E-state index contributed by atoms with van der Waals surface area (Å²) >= 11 is 3.55. The molecule has 176 valence electrons. The Labute approximate surface area is 210 Å². The van der Waals surface area contributed by atoms with E-state index in [2.05, 4.69) is 32.0 Å². The van der Waals surface area contributed by atoms with E-state index in [1.807, 2.05) is 32.0 Å². The standard InChI is InChI=1S/C26H21BrN4O4/c1-3-34-24-12-18(11-19(14-28)26-29-22-8-7-16(2)9-23(22)30-26)21(27)13-25(24)35-15-17-5-4-6-20(10-17)31(32)33/h4-13H,3,15H2,1-2H3,(H,29,30)/b19-11-. The summed E-state index contributed by atoms with van der Waals surface area (Å²) in [6.07, 6.45) is 1.72. The van der Waals surface area contributed by atoms with Gasteiger partial charge in [0.05, 0.1) is 28.1 Å². The number of nitro benzene ring substituents is 1. The fourth-order valence-corrected chi connectivity index (χ4v) is 3.96. The maximum Gasteiger partial charge on any atom is 0.269 e. The SMILES string of the molecule is CCOc1cc(/C=C(/C#N)c2nc3ccc(C)cc3[nH]2)c(Br)cc1OCc1cccc([N+](=O)[O-])c1. The summed E-state index contributed by atoms with van der Waals surface area (Å²) < 4.78 is 12.4. The van der Waals surface area contributed by atoms with E-state index < -0.39 is 4.92 Å². The number of ether oxygens (including phenoxy) is 2. The molecule has 4 aromatic rings. The first-order valence-corrected chi connectivity index (χ1v) is 11.6. The lowest BCUT2D eigenvalue weighted by Gasteiger charge is -2.14. The highest BCUT2D eigenvalue weighted by Gasteiger charge is 2.14. The van der Waals surface area contributed by atoms with E-state index >= 15 is 0 Å². The van der Waals surface area contributed by atoms with Gasteiger partial charge in [-0.1, -0.05) is 34.1 Å². The number of aryl methyl sites for hydroxylation is 1. The maximum atomic E-state index is 11.0. The van der Waals surface area contributed by atoms with Crippen LogP contribution in [0, 0.1) is 28.4 Å². The van der Waals surface area contributed by atoms with E-state index in [9.17, 15) is 15.4 Å². The van der Waals surface area contributed by atoms with E-state index in [4.69, 9.17) is 9.47 Å². The molecule has 0 atom stereocenters. The van der Waals surface area contributed by atoms with Crippen LogP contribution in [0.1, 0.15) is 29.4 Å². The van der Waals surface area contributed by atoms with Gasteiger partial charge < -0.3 is 14.5 Å². The van der Waals surface area contributed by atoms with Gasteiger partial charge in [0, 0.05) is 16.6 Å². The van der Waals surface area contributed by atoms with Gasteiger partial charge in [-0.15, -0.1) is 0 Å². The average Bonchev–Trinajstić information content (AvgIpc) is 3.26. The van der Waals surface area contributed by atoms with Crippen molar-refractivity contribution < 1.29 is 14.4 Å². The molecule has 4 rings (SSSR count). The Kier molecular flexibility index (Phi) is 7.13. The van der Waals surface area contributed by atoms with Gasteiger partial charge in [-0.2, -0.15) is 5.26 Å². The van der Waals surface area contributed by atoms with Crippen molar-refractivity contribution in [2.75, 3.05) is 6.61 Å². The molecule has 0 amide bonds. The predicted molar refractivity (Wildman–Crippen MR) is 137 cm³/mol. The number of rotatable bonds is 8. The van der Waals surface area contributed by atoms with Gasteiger partial charge in [0.2, 0.25) is 0 Å². The zero-order chi connectivity index (χ0) is 24.9. The number of halogens is 1. The van der Waals surface area contributed by atoms with Crippen molar-refractivity contribution >= 4 is 44.3 Å². The molecule has 0 bridgehead atoms. The van der Waals surface area contributed by atoms with Gasteiger partial charge in [0.15, 0.2) is 11.5 Å². The molecule has 0 saturated carbocycles. The molecule has 0 aliphatic heterocycles. The molecule has 1 aromatic heterocycles. The number of allylic oxidation sites excluding steroid dienone is 1. The van der Waals surface area contributed by atoms with Crippen molar-refractivity contribution in [3.8, 4) is 17.6 Å². The first-order valence-electron chi connectivity index (χ1n) is 10.8. The van der Waals surface area contributed by atoms with Gasteiger partial charge >= 0.3 is 0 Å². The van der Waals surface area contributed by atoms with Gasteiger partial charge in [0.1, 0.15) is 18.5 Å². The molecule has 1 N–H and O–H groups in total. The van der Waals surface area contributed by atoms with Crippen molar-refractivity contribution in [1.29, 1.82) is 5.26 Å². The molecule has 3 aromatic carbocycles. The average molecular weight is 533 g/mol. The highest BCUT2D eigenvalue weighted by Crippen LogP contribution is 2.36. The molecule has 0 radical (unpaired) electrons. The Morgan fingerprint density at radius 3 is 2.74 bits per heavy atom. The Morgan fingerprint density at radius 2 is 2.00 bits per heavy atom. The Morgan fingerprint density at radius 1 is 1.20 bits per heavy atom. The fraction of sp³-hybridized carbons (Fsp3) is 0.154. The van der Waals surface area contributed by atoms with E-state index in [1.54, 1.807) is 30.3 Å². The Balaban J connectivity index is 1.64. The molecule has 1 heterocycles. The van der Waals surface area contributed by atoms with Crippen molar-refractivity contribution in [1.82, 2.24) is 9.97 Å². The molecule has 9 heteroatoms. The fourth-order valence-electron chi connectivity index (χ4n) is 3.52. The summed E-state index contributed by atoms with van der Waals surface area (Å²) in [6.45, 7) is 4.40. The lowest BCUT2D eigenvalue weighted by atomic mass is 10.1. The number of fused-ring (bicyclic) bond motifs is 1. The smallest absolute Gasteiger partial charge is 0.269 e. The minimum atomic E-state index is -0.442. The Bertz CT molecular complexity index is 1490. The third-order valence-corrected chi connectivity index (χ3v) is 5.88. The molecule has 0 fully saturated rings. The van der Waals surface area contributed by atoms with Crippen molar-refractivity contribution in [2.24, 2.45) is 0 Å². The highest BCUT2D eigenvalue weighted by molar-refractivity contribution is 9.10. The summed E-state index contributed by atoms with van der Waals surface area (Å²) in [5.41, 5.74) is 4.48. The van der Waals surface area contributed by atoms with Crippen LogP contribution in [0.2, 0.25) is 0 Å². The third kappa shape index (κ3) is 5.50. The predicted octanol–water partition coefficient (Wildman–Crippen LogP) is 6.58. The number of aromatic amines is 1. The van der Waals surface area contributed by atoms with Crippen LogP contribution in [-0.2, 0) is 6.61 Å². The normalized spacial score (nSPS) is 11.3. The minimum Gasteiger partial charge on any atom is -0.490 e. The number of imidazole rings is 1. The lowest BCUT2D eigenvalue weighted by Crippen LogP contribution is -2.01. The minimum absolute atomic E-state index is 0.00239. The molecule has 0 aliphatic rings. The molecular weight excluding hydrogens is 512 g/mol. The maximum absolute atomic E-state index is 11.0. The molecular formula is C26H21BrN4O4. The summed E-state index contributed by atoms with van der Waals surface area (Å²) in [5.74, 6) is 1.44. The number of hydrogen-bond acceptors (Lipinski definition) is 6. The molecule has 0 unspecified atom stereocenters. The monoisotopic (exact) mass is 532 g/mol. The zero-order valence-electron chi connectivity index (χ0n) is 19.0. The van der Waals surface area contributed by atoms with Crippen molar-refractivity contribution in [3.05, 3.63) is 91.7 Å². The molecule has 0 saturated heterocycles. The van der Waals surface area contributed by atoms with E-state index in [0.29, 0.717) is 45.1 Å². The van der Waals surface area contributed by atoms with E-state index in [1.165, 1.54) is 12.1 Å². The quantitative estimate of drug-likeness (QED) is 0.155. The summed E-state index contributed by atoms with van der Waals surface area (Å²) in [6, 6.07) is 17.9. The zero-order valence-corrected chi connectivity index (χ0v) is 20.6. The number of nitro groups is 1. The highest BCUT2D eigenvalue weighted by atomic mass is 79.9. The van der Waals surface area contributed by atoms with Gasteiger partial charge in [0.25, 0.3) is 5.69 Å². The van der Waals surface area contributed by atoms with Crippen molar-refractivity contribution in [2.45, 2.75) is 20.5 Å².